The number of ether oxygens (including phenoxy) is 2. The number of fused-ring (bicyclic) bond motifs is 2. The van der Waals surface area contributed by atoms with Gasteiger partial charge in [-0.2, -0.15) is 5.10 Å². The highest BCUT2D eigenvalue weighted by molar-refractivity contribution is 5.95. The summed E-state index contributed by atoms with van der Waals surface area (Å²) in [4.78, 5) is 2.58. The Morgan fingerprint density at radius 1 is 1.14 bits per heavy atom. The van der Waals surface area contributed by atoms with Crippen LogP contribution >= 0.6 is 0 Å². The summed E-state index contributed by atoms with van der Waals surface area (Å²) in [5.41, 5.74) is 8.28. The van der Waals surface area contributed by atoms with Gasteiger partial charge in [0.25, 0.3) is 0 Å². The van der Waals surface area contributed by atoms with Crippen LogP contribution in [-0.4, -0.2) is 36.9 Å². The second kappa shape index (κ2) is 7.13. The number of aryl methyl sites for hydroxylation is 1. The first kappa shape index (κ1) is 17.6. The molecule has 0 aliphatic carbocycles. The van der Waals surface area contributed by atoms with Crippen molar-refractivity contribution in [3.05, 3.63) is 59.2 Å². The summed E-state index contributed by atoms with van der Waals surface area (Å²) in [6.07, 6.45) is 2.47. The van der Waals surface area contributed by atoms with Gasteiger partial charge in [0, 0.05) is 11.5 Å². The minimum Gasteiger partial charge on any atom is -0.493 e. The van der Waals surface area contributed by atoms with Gasteiger partial charge in [0.05, 0.1) is 24.9 Å². The zero-order valence-electron chi connectivity index (χ0n) is 16.5. The van der Waals surface area contributed by atoms with Gasteiger partial charge < -0.3 is 14.9 Å². The number of nitrogens with zero attached hydrogens (tertiary/aromatic N) is 2. The molecular formula is C23H27N3O2. The Balaban J connectivity index is 1.45. The minimum atomic E-state index is 0.112. The molecule has 2 atom stereocenters. The summed E-state index contributed by atoms with van der Waals surface area (Å²) in [7, 11) is 1.70. The molecule has 0 radical (unpaired) electrons. The number of rotatable bonds is 5. The first-order valence-corrected chi connectivity index (χ1v) is 10.2. The summed E-state index contributed by atoms with van der Waals surface area (Å²) in [6.45, 7) is 4.95. The predicted octanol–water partition coefficient (Wildman–Crippen LogP) is 3.68. The largest absolute Gasteiger partial charge is 0.493 e. The monoisotopic (exact) mass is 377 g/mol. The number of hydrogen-bond acceptors (Lipinski definition) is 5. The van der Waals surface area contributed by atoms with Crippen LogP contribution in [0.15, 0.2) is 47.6 Å². The molecule has 0 amide bonds. The third-order valence-electron chi connectivity index (χ3n) is 6.32. The molecule has 6 rings (SSSR count). The molecule has 2 aromatic carbocycles. The van der Waals surface area contributed by atoms with Gasteiger partial charge in [-0.15, -0.1) is 0 Å². The van der Waals surface area contributed by atoms with Crippen LogP contribution in [0.2, 0.25) is 0 Å². The standard InChI is InChI=1S/C23H27N3O2/c1-15-5-3-6-16(13-15)14-28-23-18(7-4-8-19(23)27-2)21-22-20(24-25-21)17-9-11-26(22)12-10-17/h3-8,13,17,21-22,25H,9-12,14H2,1-2H3. The molecule has 3 fully saturated rings. The van der Waals surface area contributed by atoms with Gasteiger partial charge in [0.2, 0.25) is 0 Å². The van der Waals surface area contributed by atoms with E-state index >= 15 is 0 Å². The number of methoxy groups -OCH3 is 1. The molecule has 4 aliphatic rings. The van der Waals surface area contributed by atoms with Gasteiger partial charge in [0.1, 0.15) is 6.61 Å². The average molecular weight is 377 g/mol. The fourth-order valence-corrected chi connectivity index (χ4v) is 4.95. The van der Waals surface area contributed by atoms with Crippen molar-refractivity contribution >= 4 is 5.71 Å². The third kappa shape index (κ3) is 2.94. The van der Waals surface area contributed by atoms with E-state index in [1.165, 1.54) is 24.1 Å². The molecule has 0 saturated carbocycles. The lowest BCUT2D eigenvalue weighted by Gasteiger charge is -2.45. The van der Waals surface area contributed by atoms with Crippen molar-refractivity contribution in [1.29, 1.82) is 0 Å². The van der Waals surface area contributed by atoms with Gasteiger partial charge in [-0.1, -0.05) is 42.0 Å². The highest BCUT2D eigenvalue weighted by Crippen LogP contribution is 2.43. The Kier molecular flexibility index (Phi) is 4.47. The first-order valence-electron chi connectivity index (χ1n) is 10.2. The van der Waals surface area contributed by atoms with E-state index in [-0.39, 0.29) is 6.04 Å². The predicted molar refractivity (Wildman–Crippen MR) is 110 cm³/mol. The number of hydrogen-bond donors (Lipinski definition) is 1. The molecule has 4 aliphatic heterocycles. The zero-order chi connectivity index (χ0) is 19.1. The van der Waals surface area contributed by atoms with Crippen LogP contribution in [-0.2, 0) is 6.61 Å². The van der Waals surface area contributed by atoms with E-state index in [0.717, 1.165) is 35.7 Å². The second-order valence-corrected chi connectivity index (χ2v) is 8.05. The number of hydrazone groups is 1. The van der Waals surface area contributed by atoms with Crippen LogP contribution in [0.1, 0.15) is 35.6 Å². The fraction of sp³-hybridized carbons (Fsp3) is 0.435. The summed E-state index contributed by atoms with van der Waals surface area (Å²) in [5.74, 6) is 2.23. The Bertz CT molecular complexity index is 902. The Hall–Kier alpha value is -2.53. The lowest BCUT2D eigenvalue weighted by molar-refractivity contribution is 0.132. The van der Waals surface area contributed by atoms with Gasteiger partial charge in [-0.25, -0.2) is 0 Å². The van der Waals surface area contributed by atoms with Crippen LogP contribution in [0, 0.1) is 12.8 Å². The molecule has 2 aromatic rings. The molecule has 28 heavy (non-hydrogen) atoms. The van der Waals surface area contributed by atoms with Gasteiger partial charge in [0.15, 0.2) is 11.5 Å². The van der Waals surface area contributed by atoms with Crippen molar-refractivity contribution in [2.45, 2.75) is 38.5 Å². The lowest BCUT2D eigenvalue weighted by Crippen LogP contribution is -2.56. The molecule has 0 spiro atoms. The number of benzene rings is 2. The maximum Gasteiger partial charge on any atom is 0.167 e. The normalized spacial score (nSPS) is 27.7. The average Bonchev–Trinajstić information content (AvgIpc) is 3.20. The number of nitrogens with one attached hydrogen (secondary N) is 1. The third-order valence-corrected chi connectivity index (χ3v) is 6.32. The van der Waals surface area contributed by atoms with Crippen molar-refractivity contribution in [2.75, 3.05) is 20.2 Å². The topological polar surface area (TPSA) is 46.1 Å². The molecule has 146 valence electrons. The van der Waals surface area contributed by atoms with E-state index in [4.69, 9.17) is 14.6 Å². The van der Waals surface area contributed by atoms with E-state index in [1.807, 2.05) is 12.1 Å². The number of piperidine rings is 3. The van der Waals surface area contributed by atoms with Crippen LogP contribution < -0.4 is 14.9 Å². The van der Waals surface area contributed by atoms with Gasteiger partial charge in [-0.05, 0) is 44.5 Å². The zero-order valence-corrected chi connectivity index (χ0v) is 16.5. The van der Waals surface area contributed by atoms with Crippen molar-refractivity contribution < 1.29 is 9.47 Å². The molecule has 2 bridgehead atoms. The lowest BCUT2D eigenvalue weighted by atomic mass is 9.78. The second-order valence-electron chi connectivity index (χ2n) is 8.05. The molecular weight excluding hydrogens is 350 g/mol. The van der Waals surface area contributed by atoms with Crippen LogP contribution in [0.25, 0.3) is 0 Å². The van der Waals surface area contributed by atoms with Crippen LogP contribution in [0.3, 0.4) is 0 Å². The van der Waals surface area contributed by atoms with Gasteiger partial charge >= 0.3 is 0 Å². The molecule has 2 unspecified atom stereocenters. The Labute approximate surface area is 166 Å². The molecule has 4 heterocycles. The minimum absolute atomic E-state index is 0.112. The first-order chi connectivity index (χ1) is 13.7. The fourth-order valence-electron chi connectivity index (χ4n) is 4.95. The molecule has 1 N–H and O–H groups in total. The van der Waals surface area contributed by atoms with E-state index in [1.54, 1.807) is 7.11 Å². The molecule has 5 nitrogen and oxygen atoms in total. The maximum absolute atomic E-state index is 6.34. The Morgan fingerprint density at radius 2 is 1.96 bits per heavy atom. The quantitative estimate of drug-likeness (QED) is 0.864. The van der Waals surface area contributed by atoms with E-state index < -0.39 is 0 Å². The van der Waals surface area contributed by atoms with Crippen molar-refractivity contribution in [2.24, 2.45) is 11.0 Å². The SMILES string of the molecule is COc1cccc(C2NN=C3C4CCN(CC4)C32)c1OCc1cccc(C)c1. The molecule has 3 saturated heterocycles. The van der Waals surface area contributed by atoms with Crippen molar-refractivity contribution in [3.8, 4) is 11.5 Å². The summed E-state index contributed by atoms with van der Waals surface area (Å²) in [6, 6.07) is 15.0. The summed E-state index contributed by atoms with van der Waals surface area (Å²) in [5, 5.41) is 4.75. The van der Waals surface area contributed by atoms with Crippen molar-refractivity contribution in [1.82, 2.24) is 10.3 Å². The maximum atomic E-state index is 6.34. The highest BCUT2D eigenvalue weighted by Gasteiger charge is 2.47. The highest BCUT2D eigenvalue weighted by atomic mass is 16.5. The molecule has 5 heteroatoms. The van der Waals surface area contributed by atoms with E-state index in [0.29, 0.717) is 18.6 Å². The van der Waals surface area contributed by atoms with Gasteiger partial charge in [-0.3, -0.25) is 4.90 Å². The molecule has 0 aromatic heterocycles. The summed E-state index contributed by atoms with van der Waals surface area (Å²) < 4.78 is 12.0. The number of para-hydroxylation sites is 1. The van der Waals surface area contributed by atoms with E-state index in [9.17, 15) is 0 Å². The summed E-state index contributed by atoms with van der Waals surface area (Å²) >= 11 is 0. The van der Waals surface area contributed by atoms with Crippen LogP contribution in [0.5, 0.6) is 11.5 Å². The Morgan fingerprint density at radius 3 is 2.75 bits per heavy atom. The van der Waals surface area contributed by atoms with Crippen LogP contribution in [0.4, 0.5) is 0 Å². The smallest absolute Gasteiger partial charge is 0.167 e. The van der Waals surface area contributed by atoms with E-state index in [2.05, 4.69) is 47.6 Å². The van der Waals surface area contributed by atoms with Crippen molar-refractivity contribution in [3.63, 3.8) is 0 Å².